The Morgan fingerprint density at radius 3 is 1.60 bits per heavy atom. The highest BCUT2D eigenvalue weighted by atomic mass is 32.2. The second-order valence-electron chi connectivity index (χ2n) is 3.57. The zero-order valence-corrected chi connectivity index (χ0v) is 11.8. The number of phenols is 3. The normalized spacial score (nSPS) is 11.8. The first kappa shape index (κ1) is 18.7. The minimum atomic E-state index is -5.84. The third-order valence-electron chi connectivity index (χ3n) is 2.24. The lowest BCUT2D eigenvalue weighted by molar-refractivity contribution is -0.0510. The lowest BCUT2D eigenvalue weighted by Gasteiger charge is -2.10. The fourth-order valence-corrected chi connectivity index (χ4v) is 1.21. The van der Waals surface area contributed by atoms with Crippen LogP contribution < -0.4 is 0 Å². The molecule has 116 valence electrons. The maximum absolute atomic E-state index is 10.7. The highest BCUT2D eigenvalue weighted by molar-refractivity contribution is 7.86. The first-order chi connectivity index (χ1) is 8.71. The molecular weight excluding hydrogens is 325 g/mol. The minimum absolute atomic E-state index is 0.289. The van der Waals surface area contributed by atoms with Crippen LogP contribution in [-0.4, -0.2) is 33.8 Å². The number of hydrogen-bond donors (Lipinski definition) is 5. The number of aromatic hydroxyl groups is 3. The van der Waals surface area contributed by atoms with Gasteiger partial charge in [-0.15, -0.1) is 12.6 Å². The van der Waals surface area contributed by atoms with Gasteiger partial charge in [0, 0.05) is 0 Å². The Morgan fingerprint density at radius 1 is 0.950 bits per heavy atom. The maximum atomic E-state index is 10.7. The molecule has 0 unspecified atom stereocenters. The predicted molar refractivity (Wildman–Crippen MR) is 65.8 cm³/mol. The molecule has 0 radical (unpaired) electrons. The number of benzene rings is 1. The number of phenolic OH excluding ortho intramolecular Hbond substituents is 3. The fourth-order valence-electron chi connectivity index (χ4n) is 0.935. The summed E-state index contributed by atoms with van der Waals surface area (Å²) in [6, 6.07) is 0. The van der Waals surface area contributed by atoms with Gasteiger partial charge in [0.25, 0.3) is 0 Å². The summed E-state index contributed by atoms with van der Waals surface area (Å²) in [5.74, 6) is -1.18. The van der Waals surface area contributed by atoms with Crippen molar-refractivity contribution in [2.24, 2.45) is 0 Å². The summed E-state index contributed by atoms with van der Waals surface area (Å²) in [4.78, 5) is 0.294. The van der Waals surface area contributed by atoms with Crippen molar-refractivity contribution < 1.29 is 41.5 Å². The second-order valence-corrected chi connectivity index (χ2v) is 5.43. The average Bonchev–Trinajstić information content (AvgIpc) is 2.30. The lowest BCUT2D eigenvalue weighted by atomic mass is 10.1. The molecule has 0 aromatic heterocycles. The Morgan fingerprint density at radius 2 is 1.30 bits per heavy atom. The van der Waals surface area contributed by atoms with E-state index in [1.54, 1.807) is 13.8 Å². The molecule has 0 fully saturated rings. The van der Waals surface area contributed by atoms with Crippen LogP contribution in [0.2, 0.25) is 0 Å². The van der Waals surface area contributed by atoms with Crippen LogP contribution >= 0.6 is 12.6 Å². The van der Waals surface area contributed by atoms with E-state index in [1.807, 2.05) is 0 Å². The molecule has 1 aromatic carbocycles. The molecule has 0 saturated heterocycles. The van der Waals surface area contributed by atoms with Crippen LogP contribution in [0.5, 0.6) is 17.2 Å². The number of rotatable bonds is 0. The number of thiol groups is 1. The summed E-state index contributed by atoms with van der Waals surface area (Å²) in [5, 5.41) is 27.6. The summed E-state index contributed by atoms with van der Waals surface area (Å²) < 4.78 is 57.5. The zero-order valence-electron chi connectivity index (χ0n) is 10.1. The van der Waals surface area contributed by atoms with Crippen molar-refractivity contribution in [1.82, 2.24) is 0 Å². The van der Waals surface area contributed by atoms with Crippen molar-refractivity contribution in [3.63, 3.8) is 0 Å². The molecule has 0 saturated carbocycles. The van der Waals surface area contributed by atoms with E-state index in [-0.39, 0.29) is 11.5 Å². The van der Waals surface area contributed by atoms with Crippen molar-refractivity contribution in [1.29, 1.82) is 0 Å². The molecule has 0 heterocycles. The molecule has 11 heteroatoms. The van der Waals surface area contributed by atoms with Gasteiger partial charge in [0.15, 0.2) is 11.5 Å². The third kappa shape index (κ3) is 4.08. The van der Waals surface area contributed by atoms with Gasteiger partial charge in [-0.05, 0) is 25.0 Å². The van der Waals surface area contributed by atoms with Gasteiger partial charge < -0.3 is 15.3 Å². The molecule has 0 amide bonds. The molecule has 20 heavy (non-hydrogen) atoms. The smallest absolute Gasteiger partial charge is 0.504 e. The Bertz CT molecular complexity index is 504. The molecule has 0 aliphatic carbocycles. The monoisotopic (exact) mass is 336 g/mol. The average molecular weight is 336 g/mol. The lowest BCUT2D eigenvalue weighted by Crippen LogP contribution is -2.21. The number of hydrogen-bond acceptors (Lipinski definition) is 6. The van der Waals surface area contributed by atoms with E-state index in [9.17, 15) is 23.4 Å². The summed E-state index contributed by atoms with van der Waals surface area (Å²) in [6.07, 6.45) is 0. The number of alkyl halides is 3. The molecule has 0 atom stereocenters. The Kier molecular flexibility index (Phi) is 5.58. The van der Waals surface area contributed by atoms with Gasteiger partial charge in [-0.3, -0.25) is 4.55 Å². The molecule has 1 rings (SSSR count). The van der Waals surface area contributed by atoms with Crippen LogP contribution in [0.3, 0.4) is 0 Å². The van der Waals surface area contributed by atoms with Crippen molar-refractivity contribution in [3.8, 4) is 17.2 Å². The predicted octanol–water partition coefficient (Wildman–Crippen LogP) is 2.10. The molecule has 6 nitrogen and oxygen atoms in total. The van der Waals surface area contributed by atoms with Gasteiger partial charge in [-0.2, -0.15) is 21.6 Å². The van der Waals surface area contributed by atoms with Gasteiger partial charge in [-0.25, -0.2) is 0 Å². The first-order valence-electron chi connectivity index (χ1n) is 4.68. The largest absolute Gasteiger partial charge is 0.522 e. The van der Waals surface area contributed by atoms with E-state index in [0.29, 0.717) is 16.0 Å². The van der Waals surface area contributed by atoms with Crippen LogP contribution in [0.25, 0.3) is 0 Å². The molecule has 0 aliphatic heterocycles. The fraction of sp³-hybridized carbons (Fsp3) is 0.333. The van der Waals surface area contributed by atoms with E-state index >= 15 is 0 Å². The van der Waals surface area contributed by atoms with E-state index in [0.717, 1.165) is 0 Å². The second kappa shape index (κ2) is 5.97. The van der Waals surface area contributed by atoms with E-state index in [1.165, 1.54) is 0 Å². The summed E-state index contributed by atoms with van der Waals surface area (Å²) in [7, 11) is -5.84. The molecule has 4 N–H and O–H groups in total. The highest BCUT2D eigenvalue weighted by Crippen LogP contribution is 2.43. The first-order valence-corrected chi connectivity index (χ1v) is 6.57. The standard InChI is InChI=1S/C8H10O3S.CHF3O3S/c1-3-4(2)8(12)7(11)6(10)5(3)9;2-1(3,4)8(5,6)7/h9-12H,1-2H3;(H,5,6,7). The summed E-state index contributed by atoms with van der Waals surface area (Å²) in [5.41, 5.74) is -4.35. The van der Waals surface area contributed by atoms with Crippen LogP contribution in [0.4, 0.5) is 13.2 Å². The summed E-state index contributed by atoms with van der Waals surface area (Å²) in [6.45, 7) is 3.35. The van der Waals surface area contributed by atoms with Crippen LogP contribution in [-0.2, 0) is 10.1 Å². The van der Waals surface area contributed by atoms with Crippen molar-refractivity contribution in [3.05, 3.63) is 11.1 Å². The SMILES string of the molecule is Cc1c(C)c(S)c(O)c(O)c1O.O=S(=O)(O)C(F)(F)F. The minimum Gasteiger partial charge on any atom is -0.504 e. The Balaban J connectivity index is 0.000000396. The Labute approximate surface area is 117 Å². The van der Waals surface area contributed by atoms with Crippen molar-refractivity contribution in [2.75, 3.05) is 0 Å². The quantitative estimate of drug-likeness (QED) is 0.214. The molecule has 0 spiro atoms. The Hall–Kier alpha value is -1.33. The van der Waals surface area contributed by atoms with E-state index < -0.39 is 21.4 Å². The molecule has 1 aromatic rings. The number of halogens is 3. The van der Waals surface area contributed by atoms with Gasteiger partial charge in [0.05, 0.1) is 4.90 Å². The van der Waals surface area contributed by atoms with Crippen LogP contribution in [0.1, 0.15) is 11.1 Å². The van der Waals surface area contributed by atoms with Gasteiger partial charge in [-0.1, -0.05) is 0 Å². The molecule has 0 bridgehead atoms. The van der Waals surface area contributed by atoms with Crippen molar-refractivity contribution in [2.45, 2.75) is 24.3 Å². The van der Waals surface area contributed by atoms with Gasteiger partial charge in [0.1, 0.15) is 0 Å². The van der Waals surface area contributed by atoms with Crippen molar-refractivity contribution >= 4 is 22.7 Å². The van der Waals surface area contributed by atoms with E-state index in [2.05, 4.69) is 12.6 Å². The molecular formula is C9H11F3O6S2. The highest BCUT2D eigenvalue weighted by Gasteiger charge is 2.44. The molecule has 0 aliphatic rings. The van der Waals surface area contributed by atoms with Crippen LogP contribution in [0, 0.1) is 13.8 Å². The summed E-state index contributed by atoms with van der Waals surface area (Å²) >= 11 is 3.98. The van der Waals surface area contributed by atoms with Crippen LogP contribution in [0.15, 0.2) is 4.90 Å². The maximum Gasteiger partial charge on any atom is 0.522 e. The topological polar surface area (TPSA) is 115 Å². The van der Waals surface area contributed by atoms with Gasteiger partial charge >= 0.3 is 15.6 Å². The zero-order chi connectivity index (χ0) is 16.5. The third-order valence-corrected chi connectivity index (χ3v) is 3.37. The van der Waals surface area contributed by atoms with E-state index in [4.69, 9.17) is 18.1 Å². The van der Waals surface area contributed by atoms with Gasteiger partial charge in [0.2, 0.25) is 5.75 Å².